The van der Waals surface area contributed by atoms with Crippen molar-refractivity contribution in [1.82, 2.24) is 10.2 Å². The van der Waals surface area contributed by atoms with Crippen LogP contribution < -0.4 is 5.32 Å². The number of hydrogen-bond donors (Lipinski definition) is 4. The van der Waals surface area contributed by atoms with Crippen LogP contribution in [-0.2, 0) is 16.0 Å². The van der Waals surface area contributed by atoms with Gasteiger partial charge in [-0.2, -0.15) is 0 Å². The van der Waals surface area contributed by atoms with Crippen molar-refractivity contribution < 1.29 is 29.7 Å². The van der Waals surface area contributed by atoms with Gasteiger partial charge in [-0.3, -0.25) is 0 Å². The molecule has 8 heteroatoms. The zero-order valence-electron chi connectivity index (χ0n) is 15.3. The zero-order valence-corrected chi connectivity index (χ0v) is 15.3. The molecule has 0 radical (unpaired) electrons. The standard InChI is InChI=1S/C20H22N2O6/c1-22(12-17(23)19(26)27)20(28)21-16(18(24)25)11-13-7-9-15(10-8-13)14-5-3-2-4-6-14/h2-10,16-17,23H,11-12H2,1H3,(H,21,28)(H,24,25)(H,26,27)/t16-,17?/m0/s1. The number of amides is 2. The van der Waals surface area contributed by atoms with Crippen LogP contribution in [0.5, 0.6) is 0 Å². The lowest BCUT2D eigenvalue weighted by molar-refractivity contribution is -0.147. The summed E-state index contributed by atoms with van der Waals surface area (Å²) in [6.07, 6.45) is -1.68. The number of nitrogens with one attached hydrogen (secondary N) is 1. The van der Waals surface area contributed by atoms with E-state index in [0.717, 1.165) is 21.6 Å². The van der Waals surface area contributed by atoms with Crippen LogP contribution in [0.1, 0.15) is 5.56 Å². The molecule has 0 heterocycles. The van der Waals surface area contributed by atoms with Crippen molar-refractivity contribution in [3.8, 4) is 11.1 Å². The first-order valence-corrected chi connectivity index (χ1v) is 8.57. The smallest absolute Gasteiger partial charge is 0.334 e. The Morgan fingerprint density at radius 2 is 1.50 bits per heavy atom. The van der Waals surface area contributed by atoms with Crippen LogP contribution in [0.4, 0.5) is 4.79 Å². The van der Waals surface area contributed by atoms with Crippen LogP contribution in [0.25, 0.3) is 11.1 Å². The number of carbonyl (C=O) groups excluding carboxylic acids is 1. The highest BCUT2D eigenvalue weighted by Crippen LogP contribution is 2.19. The molecule has 2 aromatic rings. The molecule has 2 rings (SSSR count). The van der Waals surface area contributed by atoms with Gasteiger partial charge in [-0.1, -0.05) is 54.6 Å². The summed E-state index contributed by atoms with van der Waals surface area (Å²) >= 11 is 0. The van der Waals surface area contributed by atoms with E-state index >= 15 is 0 Å². The molecule has 4 N–H and O–H groups in total. The fourth-order valence-electron chi connectivity index (χ4n) is 2.58. The molecule has 0 aliphatic heterocycles. The summed E-state index contributed by atoms with van der Waals surface area (Å²) in [5.41, 5.74) is 2.75. The van der Waals surface area contributed by atoms with Gasteiger partial charge in [0.1, 0.15) is 6.04 Å². The first-order valence-electron chi connectivity index (χ1n) is 8.57. The van der Waals surface area contributed by atoms with E-state index < -0.39 is 36.7 Å². The summed E-state index contributed by atoms with van der Waals surface area (Å²) in [6, 6.07) is 15.1. The van der Waals surface area contributed by atoms with E-state index in [2.05, 4.69) is 5.32 Å². The van der Waals surface area contributed by atoms with Gasteiger partial charge in [-0.15, -0.1) is 0 Å². The Bertz CT molecular complexity index is 822. The third-order valence-corrected chi connectivity index (χ3v) is 4.18. The molecule has 2 aromatic carbocycles. The molecule has 28 heavy (non-hydrogen) atoms. The number of aliphatic hydroxyl groups is 1. The molecule has 0 aliphatic carbocycles. The number of aliphatic hydroxyl groups excluding tert-OH is 1. The van der Waals surface area contributed by atoms with Gasteiger partial charge < -0.3 is 25.5 Å². The maximum absolute atomic E-state index is 12.1. The van der Waals surface area contributed by atoms with Gasteiger partial charge in [0.05, 0.1) is 6.54 Å². The van der Waals surface area contributed by atoms with Gasteiger partial charge in [-0.25, -0.2) is 14.4 Å². The van der Waals surface area contributed by atoms with E-state index in [4.69, 9.17) is 5.11 Å². The Kier molecular flexibility index (Phi) is 7.11. The molecule has 0 saturated carbocycles. The van der Waals surface area contributed by atoms with E-state index in [-0.39, 0.29) is 6.42 Å². The Morgan fingerprint density at radius 3 is 2.04 bits per heavy atom. The second-order valence-electron chi connectivity index (χ2n) is 6.34. The van der Waals surface area contributed by atoms with Gasteiger partial charge in [0.25, 0.3) is 0 Å². The molecule has 2 amide bonds. The SMILES string of the molecule is CN(CC(O)C(=O)O)C(=O)N[C@@H](Cc1ccc(-c2ccccc2)cc1)C(=O)O. The van der Waals surface area contributed by atoms with Crippen LogP contribution in [0, 0.1) is 0 Å². The van der Waals surface area contributed by atoms with Gasteiger partial charge in [0.2, 0.25) is 0 Å². The monoisotopic (exact) mass is 386 g/mol. The summed E-state index contributed by atoms with van der Waals surface area (Å²) in [7, 11) is 1.27. The average Bonchev–Trinajstić information content (AvgIpc) is 2.68. The molecular weight excluding hydrogens is 364 g/mol. The molecule has 0 bridgehead atoms. The molecule has 148 valence electrons. The predicted molar refractivity (Wildman–Crippen MR) is 102 cm³/mol. The van der Waals surface area contributed by atoms with Crippen LogP contribution in [0.3, 0.4) is 0 Å². The van der Waals surface area contributed by atoms with E-state index in [0.29, 0.717) is 0 Å². The molecule has 2 atom stereocenters. The lowest BCUT2D eigenvalue weighted by atomic mass is 10.0. The second kappa shape index (κ2) is 9.52. The van der Waals surface area contributed by atoms with Gasteiger partial charge >= 0.3 is 18.0 Å². The number of rotatable bonds is 8. The number of carbonyl (C=O) groups is 3. The largest absolute Gasteiger partial charge is 0.480 e. The maximum atomic E-state index is 12.1. The number of carboxylic acid groups (broad SMARTS) is 2. The minimum absolute atomic E-state index is 0.0610. The number of hydrogen-bond acceptors (Lipinski definition) is 4. The molecule has 0 fully saturated rings. The molecular formula is C20H22N2O6. The van der Waals surface area contributed by atoms with Crippen molar-refractivity contribution in [2.45, 2.75) is 18.6 Å². The summed E-state index contributed by atoms with van der Waals surface area (Å²) in [4.78, 5) is 35.2. The minimum atomic E-state index is -1.75. The minimum Gasteiger partial charge on any atom is -0.480 e. The van der Waals surface area contributed by atoms with Crippen molar-refractivity contribution in [3.05, 3.63) is 60.2 Å². The summed E-state index contributed by atoms with van der Waals surface area (Å²) < 4.78 is 0. The number of carboxylic acids is 2. The third kappa shape index (κ3) is 5.82. The van der Waals surface area contributed by atoms with Crippen LogP contribution in [0.15, 0.2) is 54.6 Å². The third-order valence-electron chi connectivity index (χ3n) is 4.18. The molecule has 0 spiro atoms. The molecule has 0 saturated heterocycles. The number of nitrogens with zero attached hydrogens (tertiary/aromatic N) is 1. The summed E-state index contributed by atoms with van der Waals surface area (Å²) in [5.74, 6) is -2.68. The topological polar surface area (TPSA) is 127 Å². The van der Waals surface area contributed by atoms with Gasteiger partial charge in [0.15, 0.2) is 6.10 Å². The van der Waals surface area contributed by atoms with Crippen LogP contribution in [0.2, 0.25) is 0 Å². The first-order chi connectivity index (χ1) is 13.3. The van der Waals surface area contributed by atoms with Crippen molar-refractivity contribution in [2.75, 3.05) is 13.6 Å². The van der Waals surface area contributed by atoms with Crippen molar-refractivity contribution in [2.24, 2.45) is 0 Å². The van der Waals surface area contributed by atoms with E-state index in [1.54, 1.807) is 12.1 Å². The molecule has 0 aliphatic rings. The number of urea groups is 1. The highest BCUT2D eigenvalue weighted by Gasteiger charge is 2.24. The first kappa shape index (κ1) is 20.9. The van der Waals surface area contributed by atoms with Crippen LogP contribution >= 0.6 is 0 Å². The Balaban J connectivity index is 2.01. The van der Waals surface area contributed by atoms with Crippen molar-refractivity contribution >= 4 is 18.0 Å². The number of likely N-dealkylation sites (N-methyl/N-ethyl adjacent to an activating group) is 1. The van der Waals surface area contributed by atoms with Gasteiger partial charge in [-0.05, 0) is 16.7 Å². The zero-order chi connectivity index (χ0) is 20.7. The maximum Gasteiger partial charge on any atom is 0.334 e. The van der Waals surface area contributed by atoms with E-state index in [1.807, 2.05) is 42.5 Å². The molecule has 8 nitrogen and oxygen atoms in total. The molecule has 0 aromatic heterocycles. The second-order valence-corrected chi connectivity index (χ2v) is 6.34. The van der Waals surface area contributed by atoms with Gasteiger partial charge in [0, 0.05) is 13.5 Å². The Labute approximate surface area is 162 Å². The predicted octanol–water partition coefficient (Wildman–Crippen LogP) is 1.44. The fraction of sp³-hybridized carbons (Fsp3) is 0.250. The number of benzene rings is 2. The van der Waals surface area contributed by atoms with Crippen molar-refractivity contribution in [1.29, 1.82) is 0 Å². The highest BCUT2D eigenvalue weighted by molar-refractivity contribution is 5.83. The van der Waals surface area contributed by atoms with E-state index in [9.17, 15) is 24.6 Å². The lowest BCUT2D eigenvalue weighted by Gasteiger charge is -2.22. The van der Waals surface area contributed by atoms with Crippen molar-refractivity contribution in [3.63, 3.8) is 0 Å². The quantitative estimate of drug-likeness (QED) is 0.544. The average molecular weight is 386 g/mol. The van der Waals surface area contributed by atoms with Crippen LogP contribution in [-0.4, -0.2) is 63.9 Å². The highest BCUT2D eigenvalue weighted by atomic mass is 16.4. The van der Waals surface area contributed by atoms with E-state index in [1.165, 1.54) is 7.05 Å². The molecule has 1 unspecified atom stereocenters. The summed E-state index contributed by atoms with van der Waals surface area (Å²) in [5, 5.41) is 29.7. The normalized spacial score (nSPS) is 12.6. The Morgan fingerprint density at radius 1 is 0.929 bits per heavy atom. The fourth-order valence-corrected chi connectivity index (χ4v) is 2.58. The summed E-state index contributed by atoms with van der Waals surface area (Å²) in [6.45, 7) is -0.459. The number of aliphatic carboxylic acids is 2. The Hall–Kier alpha value is -3.39. The lowest BCUT2D eigenvalue weighted by Crippen LogP contribution is -2.50.